The van der Waals surface area contributed by atoms with Crippen LogP contribution in [-0.4, -0.2) is 36.8 Å². The summed E-state index contributed by atoms with van der Waals surface area (Å²) in [5, 5.41) is 0.623. The fourth-order valence-electron chi connectivity index (χ4n) is 1.83. The molecule has 2 rings (SSSR count). The van der Waals surface area contributed by atoms with Gasteiger partial charge < -0.3 is 15.4 Å². The Labute approximate surface area is 114 Å². The lowest BCUT2D eigenvalue weighted by Crippen LogP contribution is -2.50. The summed E-state index contributed by atoms with van der Waals surface area (Å²) >= 11 is 9.36. The standard InChI is InChI=1S/C11H15BrClN3O/c1-7(14)10-6-16(2-3-17-10)11-9(12)4-8(13)5-15-11/h4-5,7,10H,2-3,6,14H2,1H3. The molecule has 2 atom stereocenters. The highest BCUT2D eigenvalue weighted by Crippen LogP contribution is 2.27. The molecular weight excluding hydrogens is 305 g/mol. The van der Waals surface area contributed by atoms with Crippen molar-refractivity contribution in [3.63, 3.8) is 0 Å². The first-order valence-corrected chi connectivity index (χ1v) is 6.68. The van der Waals surface area contributed by atoms with E-state index >= 15 is 0 Å². The first-order valence-electron chi connectivity index (χ1n) is 5.51. The number of morpholine rings is 1. The number of hydrogen-bond donors (Lipinski definition) is 1. The van der Waals surface area contributed by atoms with E-state index in [-0.39, 0.29) is 12.1 Å². The summed E-state index contributed by atoms with van der Waals surface area (Å²) in [6.07, 6.45) is 1.70. The Hall–Kier alpha value is -0.360. The molecule has 1 aliphatic rings. The molecule has 2 heterocycles. The van der Waals surface area contributed by atoms with E-state index in [9.17, 15) is 0 Å². The maximum atomic E-state index is 5.88. The van der Waals surface area contributed by atoms with Gasteiger partial charge in [0.15, 0.2) is 0 Å². The van der Waals surface area contributed by atoms with Gasteiger partial charge in [-0.2, -0.15) is 0 Å². The first-order chi connectivity index (χ1) is 8.08. The molecule has 1 aromatic rings. The highest BCUT2D eigenvalue weighted by molar-refractivity contribution is 9.10. The van der Waals surface area contributed by atoms with Crippen LogP contribution in [-0.2, 0) is 4.74 Å². The molecule has 0 amide bonds. The van der Waals surface area contributed by atoms with Crippen LogP contribution in [0.1, 0.15) is 6.92 Å². The average Bonchev–Trinajstić information content (AvgIpc) is 2.29. The van der Waals surface area contributed by atoms with Gasteiger partial charge in [-0.05, 0) is 28.9 Å². The van der Waals surface area contributed by atoms with Gasteiger partial charge >= 0.3 is 0 Å². The second-order valence-electron chi connectivity index (χ2n) is 4.17. The Morgan fingerprint density at radius 2 is 2.47 bits per heavy atom. The highest BCUT2D eigenvalue weighted by atomic mass is 79.9. The van der Waals surface area contributed by atoms with Crippen LogP contribution in [0.5, 0.6) is 0 Å². The number of hydrogen-bond acceptors (Lipinski definition) is 4. The quantitative estimate of drug-likeness (QED) is 0.906. The van der Waals surface area contributed by atoms with Gasteiger partial charge in [0.05, 0.1) is 22.2 Å². The van der Waals surface area contributed by atoms with Gasteiger partial charge in [0.2, 0.25) is 0 Å². The van der Waals surface area contributed by atoms with E-state index in [0.29, 0.717) is 11.6 Å². The molecule has 0 aliphatic carbocycles. The zero-order chi connectivity index (χ0) is 12.4. The summed E-state index contributed by atoms with van der Waals surface area (Å²) in [6, 6.07) is 1.86. The van der Waals surface area contributed by atoms with Gasteiger partial charge in [-0.25, -0.2) is 4.98 Å². The molecule has 4 nitrogen and oxygen atoms in total. The van der Waals surface area contributed by atoms with Gasteiger partial charge in [-0.1, -0.05) is 11.6 Å². The fourth-order valence-corrected chi connectivity index (χ4v) is 2.72. The van der Waals surface area contributed by atoms with Gasteiger partial charge in [-0.3, -0.25) is 0 Å². The molecule has 1 aliphatic heterocycles. The Bertz CT molecular complexity index is 402. The Balaban J connectivity index is 2.16. The van der Waals surface area contributed by atoms with Crippen molar-refractivity contribution in [3.05, 3.63) is 21.8 Å². The van der Waals surface area contributed by atoms with Crippen LogP contribution in [0.25, 0.3) is 0 Å². The minimum Gasteiger partial charge on any atom is -0.373 e. The molecule has 0 spiro atoms. The number of pyridine rings is 1. The lowest BCUT2D eigenvalue weighted by atomic mass is 10.1. The Morgan fingerprint density at radius 3 is 3.12 bits per heavy atom. The van der Waals surface area contributed by atoms with E-state index in [1.807, 2.05) is 13.0 Å². The number of rotatable bonds is 2. The average molecular weight is 321 g/mol. The maximum Gasteiger partial charge on any atom is 0.143 e. The van der Waals surface area contributed by atoms with Gasteiger partial charge in [0.25, 0.3) is 0 Å². The summed E-state index contributed by atoms with van der Waals surface area (Å²) in [7, 11) is 0. The van der Waals surface area contributed by atoms with Gasteiger partial charge in [0, 0.05) is 25.3 Å². The Kier molecular flexibility index (Phi) is 4.25. The van der Waals surface area contributed by atoms with Crippen molar-refractivity contribution >= 4 is 33.3 Å². The van der Waals surface area contributed by atoms with Crippen LogP contribution in [0.4, 0.5) is 5.82 Å². The summed E-state index contributed by atoms with van der Waals surface area (Å²) in [5.74, 6) is 0.892. The summed E-state index contributed by atoms with van der Waals surface area (Å²) in [4.78, 5) is 6.51. The molecule has 0 aromatic carbocycles. The van der Waals surface area contributed by atoms with E-state index in [0.717, 1.165) is 23.4 Å². The third-order valence-electron chi connectivity index (χ3n) is 2.77. The topological polar surface area (TPSA) is 51.4 Å². The van der Waals surface area contributed by atoms with Crippen molar-refractivity contribution in [3.8, 4) is 0 Å². The number of halogens is 2. The molecule has 1 saturated heterocycles. The molecule has 94 valence electrons. The molecule has 6 heteroatoms. The van der Waals surface area contributed by atoms with E-state index in [1.54, 1.807) is 6.20 Å². The van der Waals surface area contributed by atoms with Gasteiger partial charge in [-0.15, -0.1) is 0 Å². The van der Waals surface area contributed by atoms with Crippen molar-refractivity contribution in [1.29, 1.82) is 0 Å². The van der Waals surface area contributed by atoms with Crippen molar-refractivity contribution in [2.75, 3.05) is 24.6 Å². The van der Waals surface area contributed by atoms with Crippen LogP contribution in [0.3, 0.4) is 0 Å². The van der Waals surface area contributed by atoms with Crippen molar-refractivity contribution in [2.45, 2.75) is 19.1 Å². The normalized spacial score (nSPS) is 22.6. The van der Waals surface area contributed by atoms with Crippen LogP contribution >= 0.6 is 27.5 Å². The molecule has 2 unspecified atom stereocenters. The van der Waals surface area contributed by atoms with Crippen LogP contribution < -0.4 is 10.6 Å². The largest absolute Gasteiger partial charge is 0.373 e. The third-order valence-corrected chi connectivity index (χ3v) is 3.56. The predicted molar refractivity (Wildman–Crippen MR) is 72.5 cm³/mol. The Morgan fingerprint density at radius 1 is 1.71 bits per heavy atom. The molecule has 2 N–H and O–H groups in total. The van der Waals surface area contributed by atoms with Crippen molar-refractivity contribution < 1.29 is 4.74 Å². The van der Waals surface area contributed by atoms with E-state index in [4.69, 9.17) is 22.1 Å². The zero-order valence-corrected chi connectivity index (χ0v) is 11.9. The molecule has 0 saturated carbocycles. The smallest absolute Gasteiger partial charge is 0.143 e. The van der Waals surface area contributed by atoms with Crippen LogP contribution in [0.2, 0.25) is 5.02 Å². The second kappa shape index (κ2) is 5.52. The molecule has 1 aromatic heterocycles. The lowest BCUT2D eigenvalue weighted by Gasteiger charge is -2.35. The van der Waals surface area contributed by atoms with E-state index in [2.05, 4.69) is 25.8 Å². The molecule has 0 radical (unpaired) electrons. The number of ether oxygens (including phenoxy) is 1. The molecule has 1 fully saturated rings. The fraction of sp³-hybridized carbons (Fsp3) is 0.545. The monoisotopic (exact) mass is 319 g/mol. The first kappa shape index (κ1) is 13.1. The molecule has 0 bridgehead atoms. The van der Waals surface area contributed by atoms with Crippen molar-refractivity contribution in [1.82, 2.24) is 4.98 Å². The second-order valence-corrected chi connectivity index (χ2v) is 5.46. The number of nitrogens with zero attached hydrogens (tertiary/aromatic N) is 2. The minimum absolute atomic E-state index is 0.0175. The van der Waals surface area contributed by atoms with Gasteiger partial charge in [0.1, 0.15) is 5.82 Å². The summed E-state index contributed by atoms with van der Waals surface area (Å²) in [5.41, 5.74) is 5.86. The number of nitrogens with two attached hydrogens (primary N) is 1. The third kappa shape index (κ3) is 3.10. The minimum atomic E-state index is 0.0175. The lowest BCUT2D eigenvalue weighted by molar-refractivity contribution is 0.0273. The predicted octanol–water partition coefficient (Wildman–Crippen LogP) is 2.05. The SMILES string of the molecule is CC(N)C1CN(c2ncc(Cl)cc2Br)CCO1. The number of anilines is 1. The maximum absolute atomic E-state index is 5.88. The zero-order valence-electron chi connectivity index (χ0n) is 9.57. The van der Waals surface area contributed by atoms with E-state index in [1.165, 1.54) is 0 Å². The van der Waals surface area contributed by atoms with Crippen LogP contribution in [0, 0.1) is 0 Å². The van der Waals surface area contributed by atoms with Crippen LogP contribution in [0.15, 0.2) is 16.7 Å². The molecular formula is C11H15BrClN3O. The summed E-state index contributed by atoms with van der Waals surface area (Å²) < 4.78 is 6.52. The van der Waals surface area contributed by atoms with E-state index < -0.39 is 0 Å². The van der Waals surface area contributed by atoms with Crippen molar-refractivity contribution in [2.24, 2.45) is 5.73 Å². The number of aromatic nitrogens is 1. The summed E-state index contributed by atoms with van der Waals surface area (Å²) in [6.45, 7) is 4.20. The molecule has 17 heavy (non-hydrogen) atoms. The highest BCUT2D eigenvalue weighted by Gasteiger charge is 2.25.